The van der Waals surface area contributed by atoms with Gasteiger partial charge in [-0.2, -0.15) is 0 Å². The summed E-state index contributed by atoms with van der Waals surface area (Å²) < 4.78 is 0. The van der Waals surface area contributed by atoms with Crippen molar-refractivity contribution in [3.63, 3.8) is 0 Å². The number of aromatic nitrogens is 2. The maximum Gasteiger partial charge on any atom is 0.259 e. The van der Waals surface area contributed by atoms with Gasteiger partial charge in [-0.05, 0) is 30.0 Å². The van der Waals surface area contributed by atoms with Crippen LogP contribution in [0.25, 0.3) is 20.7 Å². The highest BCUT2D eigenvalue weighted by molar-refractivity contribution is 7.21. The fourth-order valence-electron chi connectivity index (χ4n) is 3.91. The molecule has 1 unspecified atom stereocenters. The van der Waals surface area contributed by atoms with Gasteiger partial charge in [-0.15, -0.1) is 22.7 Å². The summed E-state index contributed by atoms with van der Waals surface area (Å²) in [6, 6.07) is 14.8. The molecule has 27 heavy (non-hydrogen) atoms. The third kappa shape index (κ3) is 3.04. The fourth-order valence-corrected chi connectivity index (χ4v) is 5.95. The number of nitrogens with one attached hydrogen (secondary N) is 2. The van der Waals surface area contributed by atoms with Crippen LogP contribution in [0.1, 0.15) is 29.2 Å². The number of fused-ring (bicyclic) bond motifs is 2. The second kappa shape index (κ2) is 6.71. The Hall–Kier alpha value is -2.28. The number of rotatable bonds is 3. The second-order valence-corrected chi connectivity index (χ2v) is 9.10. The van der Waals surface area contributed by atoms with Crippen molar-refractivity contribution in [3.05, 3.63) is 74.5 Å². The molecule has 3 aromatic heterocycles. The summed E-state index contributed by atoms with van der Waals surface area (Å²) in [4.78, 5) is 25.3. The van der Waals surface area contributed by atoms with Gasteiger partial charge in [0.15, 0.2) is 5.82 Å². The predicted octanol–water partition coefficient (Wildman–Crippen LogP) is 3.42. The van der Waals surface area contributed by atoms with Crippen molar-refractivity contribution in [1.82, 2.24) is 9.97 Å². The second-order valence-electron chi connectivity index (χ2n) is 7.06. The first-order chi connectivity index (χ1) is 13.2. The van der Waals surface area contributed by atoms with Gasteiger partial charge in [0.05, 0.1) is 11.9 Å². The SMILES string of the molecule is C[C@H]1c2ccsc2CC[NH+]1Cc1nc2sc(-c3ccccc3)cc2c(=O)[nH]1. The molecule has 0 saturated heterocycles. The molecular formula is C21H20N3OS2+. The molecule has 2 atom stereocenters. The summed E-state index contributed by atoms with van der Waals surface area (Å²) in [7, 11) is 0. The Morgan fingerprint density at radius 1 is 1.26 bits per heavy atom. The van der Waals surface area contributed by atoms with E-state index in [2.05, 4.69) is 35.5 Å². The Labute approximate surface area is 165 Å². The third-order valence-electron chi connectivity index (χ3n) is 5.44. The standard InChI is InChI=1S/C21H19N3OS2/c1-13-15-8-10-26-17(15)7-9-24(13)12-19-22-20(25)16-11-18(27-21(16)23-19)14-5-3-2-4-6-14/h2-6,8,10-11,13H,7,9,12H2,1H3,(H,22,23,25)/p+1/t13-/m0/s1. The minimum atomic E-state index is -0.0336. The van der Waals surface area contributed by atoms with E-state index in [-0.39, 0.29) is 5.56 Å². The molecule has 4 heterocycles. The Morgan fingerprint density at radius 3 is 2.96 bits per heavy atom. The van der Waals surface area contributed by atoms with Gasteiger partial charge in [-0.1, -0.05) is 30.3 Å². The van der Waals surface area contributed by atoms with Gasteiger partial charge < -0.3 is 9.88 Å². The molecule has 1 aliphatic heterocycles. The largest absolute Gasteiger partial charge is 0.322 e. The highest BCUT2D eigenvalue weighted by Crippen LogP contribution is 2.30. The number of quaternary nitrogens is 1. The van der Waals surface area contributed by atoms with E-state index in [1.165, 1.54) is 15.3 Å². The molecule has 0 bridgehead atoms. The van der Waals surface area contributed by atoms with Crippen LogP contribution in [0.3, 0.4) is 0 Å². The van der Waals surface area contributed by atoms with E-state index >= 15 is 0 Å². The lowest BCUT2D eigenvalue weighted by Crippen LogP contribution is -3.11. The Kier molecular flexibility index (Phi) is 4.19. The minimum Gasteiger partial charge on any atom is -0.322 e. The van der Waals surface area contributed by atoms with E-state index in [0.29, 0.717) is 11.4 Å². The molecule has 0 amide bonds. The van der Waals surface area contributed by atoms with Crippen molar-refractivity contribution in [2.45, 2.75) is 25.9 Å². The molecule has 0 radical (unpaired) electrons. The van der Waals surface area contributed by atoms with Crippen LogP contribution >= 0.6 is 22.7 Å². The number of H-pyrrole nitrogens is 1. The molecule has 0 aliphatic carbocycles. The van der Waals surface area contributed by atoms with Gasteiger partial charge in [0.1, 0.15) is 17.4 Å². The maximum atomic E-state index is 12.6. The molecule has 1 aliphatic rings. The summed E-state index contributed by atoms with van der Waals surface area (Å²) in [5.74, 6) is 0.787. The summed E-state index contributed by atoms with van der Waals surface area (Å²) in [6.07, 6.45) is 1.11. The lowest BCUT2D eigenvalue weighted by Gasteiger charge is -2.29. The molecule has 0 spiro atoms. The number of nitrogens with zero attached hydrogens (tertiary/aromatic N) is 1. The first-order valence-corrected chi connectivity index (χ1v) is 10.9. The summed E-state index contributed by atoms with van der Waals surface area (Å²) >= 11 is 3.45. The van der Waals surface area contributed by atoms with Crippen LogP contribution in [0, 0.1) is 0 Å². The summed E-state index contributed by atoms with van der Waals surface area (Å²) in [5, 5.41) is 2.87. The van der Waals surface area contributed by atoms with Crippen LogP contribution in [0.4, 0.5) is 0 Å². The Morgan fingerprint density at radius 2 is 2.11 bits per heavy atom. The molecule has 0 fully saturated rings. The summed E-state index contributed by atoms with van der Waals surface area (Å²) in [6.45, 7) is 4.10. The number of benzene rings is 1. The van der Waals surface area contributed by atoms with Gasteiger partial charge in [-0.3, -0.25) is 4.79 Å². The monoisotopic (exact) mass is 394 g/mol. The fraction of sp³-hybridized carbons (Fsp3) is 0.238. The van der Waals surface area contributed by atoms with Crippen LogP contribution in [0.15, 0.2) is 52.6 Å². The van der Waals surface area contributed by atoms with Gasteiger partial charge in [0, 0.05) is 21.7 Å². The zero-order valence-electron chi connectivity index (χ0n) is 15.0. The van der Waals surface area contributed by atoms with E-state index in [4.69, 9.17) is 4.98 Å². The quantitative estimate of drug-likeness (QED) is 0.559. The van der Waals surface area contributed by atoms with Gasteiger partial charge in [0.2, 0.25) is 0 Å². The van der Waals surface area contributed by atoms with Crippen molar-refractivity contribution < 1.29 is 4.90 Å². The number of hydrogen-bond donors (Lipinski definition) is 2. The van der Waals surface area contributed by atoms with Crippen molar-refractivity contribution in [2.24, 2.45) is 0 Å². The van der Waals surface area contributed by atoms with Crippen molar-refractivity contribution in [2.75, 3.05) is 6.54 Å². The zero-order chi connectivity index (χ0) is 18.4. The average molecular weight is 395 g/mol. The molecule has 4 aromatic rings. The normalized spacial score (nSPS) is 19.3. The highest BCUT2D eigenvalue weighted by Gasteiger charge is 2.29. The molecule has 5 rings (SSSR count). The average Bonchev–Trinajstić information content (AvgIpc) is 3.32. The van der Waals surface area contributed by atoms with Crippen molar-refractivity contribution in [1.29, 1.82) is 0 Å². The maximum absolute atomic E-state index is 12.6. The predicted molar refractivity (Wildman–Crippen MR) is 112 cm³/mol. The number of hydrogen-bond acceptors (Lipinski definition) is 4. The first kappa shape index (κ1) is 16.9. The summed E-state index contributed by atoms with van der Waals surface area (Å²) in [5.41, 5.74) is 2.54. The van der Waals surface area contributed by atoms with Crippen molar-refractivity contribution >= 4 is 32.9 Å². The Bertz CT molecular complexity index is 1160. The van der Waals surface area contributed by atoms with E-state index in [1.54, 1.807) is 11.3 Å². The van der Waals surface area contributed by atoms with Crippen molar-refractivity contribution in [3.8, 4) is 10.4 Å². The molecule has 0 saturated carbocycles. The molecule has 1 aromatic carbocycles. The van der Waals surface area contributed by atoms with E-state index in [9.17, 15) is 4.79 Å². The molecular weight excluding hydrogens is 374 g/mol. The number of aromatic amines is 1. The third-order valence-corrected chi connectivity index (χ3v) is 7.51. The minimum absolute atomic E-state index is 0.0336. The van der Waals surface area contributed by atoms with Crippen LogP contribution in [0.2, 0.25) is 0 Å². The van der Waals surface area contributed by atoms with Crippen LogP contribution in [-0.4, -0.2) is 16.5 Å². The van der Waals surface area contributed by atoms with Crippen LogP contribution < -0.4 is 10.5 Å². The van der Waals surface area contributed by atoms with E-state index < -0.39 is 0 Å². The molecule has 6 heteroatoms. The highest BCUT2D eigenvalue weighted by atomic mass is 32.1. The van der Waals surface area contributed by atoms with E-state index in [0.717, 1.165) is 40.6 Å². The Balaban J connectivity index is 1.47. The first-order valence-electron chi connectivity index (χ1n) is 9.18. The van der Waals surface area contributed by atoms with Gasteiger partial charge in [0.25, 0.3) is 5.56 Å². The molecule has 136 valence electrons. The topological polar surface area (TPSA) is 50.2 Å². The van der Waals surface area contributed by atoms with Crippen LogP contribution in [0.5, 0.6) is 0 Å². The molecule has 2 N–H and O–H groups in total. The lowest BCUT2D eigenvalue weighted by atomic mass is 10.0. The van der Waals surface area contributed by atoms with Gasteiger partial charge >= 0.3 is 0 Å². The molecule has 4 nitrogen and oxygen atoms in total. The zero-order valence-corrected chi connectivity index (χ0v) is 16.6. The van der Waals surface area contributed by atoms with Crippen LogP contribution in [-0.2, 0) is 13.0 Å². The lowest BCUT2D eigenvalue weighted by molar-refractivity contribution is -0.945. The van der Waals surface area contributed by atoms with Gasteiger partial charge in [-0.25, -0.2) is 4.98 Å². The smallest absolute Gasteiger partial charge is 0.259 e. The van der Waals surface area contributed by atoms with E-state index in [1.807, 2.05) is 35.6 Å². The number of thiophene rings is 2.